The smallest absolute Gasteiger partial charge is 0.198 e. The van der Waals surface area contributed by atoms with Crippen molar-refractivity contribution in [2.75, 3.05) is 0 Å². The summed E-state index contributed by atoms with van der Waals surface area (Å²) in [5, 5.41) is 2.52. The molecule has 4 aromatic rings. The minimum absolute atomic E-state index is 0.238. The van der Waals surface area contributed by atoms with E-state index in [0.29, 0.717) is 10.3 Å². The second-order valence-corrected chi connectivity index (χ2v) is 7.75. The van der Waals surface area contributed by atoms with Gasteiger partial charge in [-0.25, -0.2) is 4.39 Å². The number of hydrogen-bond donors (Lipinski definition) is 0. The maximum atomic E-state index is 14.5. The summed E-state index contributed by atoms with van der Waals surface area (Å²) in [6.45, 7) is 3.95. The maximum Gasteiger partial charge on any atom is 0.198 e. The molecule has 0 N–H and O–H groups in total. The maximum absolute atomic E-state index is 14.5. The van der Waals surface area contributed by atoms with Crippen LogP contribution in [0, 0.1) is 17.4 Å². The number of rotatable bonds is 5. The Morgan fingerprint density at radius 2 is 1.57 bits per heavy atom. The first-order chi connectivity index (χ1) is 13.6. The van der Waals surface area contributed by atoms with Crippen LogP contribution in [0.2, 0.25) is 0 Å². The van der Waals surface area contributed by atoms with Crippen LogP contribution in [-0.4, -0.2) is 0 Å². The lowest BCUT2D eigenvalue weighted by atomic mass is 9.98. The minimum atomic E-state index is -0.340. The number of benzene rings is 3. The molecule has 0 bridgehead atoms. The third kappa shape index (κ3) is 3.47. The first kappa shape index (κ1) is 18.8. The molecule has 0 aliphatic carbocycles. The molecule has 3 aromatic carbocycles. The Kier molecular flexibility index (Phi) is 5.27. The van der Waals surface area contributed by atoms with Crippen LogP contribution in [0.15, 0.2) is 59.0 Å². The monoisotopic (exact) mass is 390 g/mol. The van der Waals surface area contributed by atoms with Gasteiger partial charge in [-0.05, 0) is 65.7 Å². The molecule has 28 heavy (non-hydrogen) atoms. The van der Waals surface area contributed by atoms with Gasteiger partial charge in [0, 0.05) is 10.8 Å². The molecule has 0 radical (unpaired) electrons. The van der Waals surface area contributed by atoms with Crippen LogP contribution in [-0.2, 0) is 6.42 Å². The standard InChI is InChI=1S/C25H23FOS/c1-3-4-5-6-17-8-10-18(11-9-17)19-12-14-20-21-13-7-16(2)23(26)24(21)27-25(28)22(20)15-19/h7-15H,3-6H2,1-2H3. The molecule has 4 rings (SSSR count). The number of halogens is 1. The van der Waals surface area contributed by atoms with Crippen molar-refractivity contribution in [3.8, 4) is 11.1 Å². The first-order valence-electron chi connectivity index (χ1n) is 9.83. The summed E-state index contributed by atoms with van der Waals surface area (Å²) in [5.74, 6) is -0.340. The van der Waals surface area contributed by atoms with Crippen molar-refractivity contribution in [1.82, 2.24) is 0 Å². The lowest BCUT2D eigenvalue weighted by Crippen LogP contribution is -1.88. The topological polar surface area (TPSA) is 13.1 Å². The summed E-state index contributed by atoms with van der Waals surface area (Å²) in [6, 6.07) is 18.5. The average molecular weight is 391 g/mol. The predicted molar refractivity (Wildman–Crippen MR) is 118 cm³/mol. The molecule has 1 aromatic heterocycles. The summed E-state index contributed by atoms with van der Waals surface area (Å²) in [6.07, 6.45) is 4.86. The lowest BCUT2D eigenvalue weighted by Gasteiger charge is -2.09. The fraction of sp³-hybridized carbons (Fsp3) is 0.240. The van der Waals surface area contributed by atoms with Gasteiger partial charge in [-0.15, -0.1) is 0 Å². The summed E-state index contributed by atoms with van der Waals surface area (Å²) in [7, 11) is 0. The molecule has 1 nitrogen and oxygen atoms in total. The fourth-order valence-corrected chi connectivity index (χ4v) is 3.94. The molecular weight excluding hydrogens is 367 g/mol. The summed E-state index contributed by atoms with van der Waals surface area (Å²) >= 11 is 5.44. The zero-order chi connectivity index (χ0) is 19.7. The Bertz CT molecular complexity index is 1210. The van der Waals surface area contributed by atoms with Crippen molar-refractivity contribution < 1.29 is 8.81 Å². The van der Waals surface area contributed by atoms with Gasteiger partial charge < -0.3 is 4.42 Å². The number of aryl methyl sites for hydroxylation is 2. The molecule has 3 heteroatoms. The van der Waals surface area contributed by atoms with Crippen LogP contribution in [0.1, 0.15) is 37.3 Å². The van der Waals surface area contributed by atoms with E-state index in [1.807, 2.05) is 18.2 Å². The molecule has 0 atom stereocenters. The fourth-order valence-electron chi connectivity index (χ4n) is 3.68. The summed E-state index contributed by atoms with van der Waals surface area (Å²) < 4.78 is 20.5. The number of hydrogen-bond acceptors (Lipinski definition) is 2. The number of fused-ring (bicyclic) bond motifs is 3. The molecule has 142 valence electrons. The molecule has 0 aliphatic heterocycles. The molecule has 0 saturated heterocycles. The summed E-state index contributed by atoms with van der Waals surface area (Å²) in [5.41, 5.74) is 4.39. The highest BCUT2D eigenvalue weighted by Gasteiger charge is 2.12. The normalized spacial score (nSPS) is 11.4. The van der Waals surface area contributed by atoms with E-state index in [0.717, 1.165) is 33.7 Å². The van der Waals surface area contributed by atoms with Crippen molar-refractivity contribution in [2.24, 2.45) is 0 Å². The van der Waals surface area contributed by atoms with Gasteiger partial charge in [0.05, 0.1) is 0 Å². The Morgan fingerprint density at radius 3 is 2.32 bits per heavy atom. The third-order valence-electron chi connectivity index (χ3n) is 5.37. The van der Waals surface area contributed by atoms with Crippen LogP contribution in [0.3, 0.4) is 0 Å². The van der Waals surface area contributed by atoms with E-state index in [9.17, 15) is 4.39 Å². The van der Waals surface area contributed by atoms with Gasteiger partial charge in [-0.1, -0.05) is 68.3 Å². The molecule has 0 unspecified atom stereocenters. The van der Waals surface area contributed by atoms with Crippen molar-refractivity contribution in [3.63, 3.8) is 0 Å². The van der Waals surface area contributed by atoms with Crippen molar-refractivity contribution in [1.29, 1.82) is 0 Å². The number of unbranched alkanes of at least 4 members (excludes halogenated alkanes) is 2. The van der Waals surface area contributed by atoms with Gasteiger partial charge in [0.2, 0.25) is 0 Å². The van der Waals surface area contributed by atoms with E-state index in [1.54, 1.807) is 13.0 Å². The van der Waals surface area contributed by atoms with Gasteiger partial charge >= 0.3 is 0 Å². The van der Waals surface area contributed by atoms with Crippen molar-refractivity contribution in [3.05, 3.63) is 76.2 Å². The van der Waals surface area contributed by atoms with Gasteiger partial charge in [0.15, 0.2) is 16.1 Å². The zero-order valence-electron chi connectivity index (χ0n) is 16.2. The largest absolute Gasteiger partial charge is 0.441 e. The van der Waals surface area contributed by atoms with Gasteiger partial charge in [0.25, 0.3) is 0 Å². The highest BCUT2D eigenvalue weighted by Crippen LogP contribution is 2.32. The van der Waals surface area contributed by atoms with Crippen LogP contribution in [0.5, 0.6) is 0 Å². The van der Waals surface area contributed by atoms with Crippen LogP contribution in [0.4, 0.5) is 4.39 Å². The Balaban J connectivity index is 1.76. The first-order valence-corrected chi connectivity index (χ1v) is 10.2. The molecule has 0 fully saturated rings. The highest BCUT2D eigenvalue weighted by atomic mass is 32.1. The van der Waals surface area contributed by atoms with E-state index >= 15 is 0 Å². The van der Waals surface area contributed by atoms with Gasteiger partial charge in [0.1, 0.15) is 0 Å². The van der Waals surface area contributed by atoms with Gasteiger partial charge in [-0.3, -0.25) is 0 Å². The van der Waals surface area contributed by atoms with Crippen LogP contribution >= 0.6 is 12.2 Å². The Labute approximate surface area is 169 Å². The lowest BCUT2D eigenvalue weighted by molar-refractivity contribution is 0.542. The second-order valence-electron chi connectivity index (χ2n) is 7.38. The summed E-state index contributed by atoms with van der Waals surface area (Å²) in [4.78, 5) is 0. The molecular formula is C25H23FOS. The van der Waals surface area contributed by atoms with Crippen LogP contribution in [0.25, 0.3) is 32.9 Å². The van der Waals surface area contributed by atoms with Crippen molar-refractivity contribution in [2.45, 2.75) is 39.5 Å². The minimum Gasteiger partial charge on any atom is -0.441 e. The van der Waals surface area contributed by atoms with E-state index in [-0.39, 0.29) is 11.4 Å². The van der Waals surface area contributed by atoms with Crippen molar-refractivity contribution >= 4 is 34.0 Å². The Hall–Kier alpha value is -2.52. The molecule has 0 aliphatic rings. The zero-order valence-corrected chi connectivity index (χ0v) is 17.0. The quantitative estimate of drug-likeness (QED) is 0.194. The van der Waals surface area contributed by atoms with E-state index in [2.05, 4.69) is 37.3 Å². The molecule has 0 saturated carbocycles. The van der Waals surface area contributed by atoms with E-state index in [1.165, 1.54) is 24.8 Å². The van der Waals surface area contributed by atoms with E-state index < -0.39 is 0 Å². The third-order valence-corrected chi connectivity index (χ3v) is 5.67. The predicted octanol–water partition coefficient (Wildman–Crippen LogP) is 8.16. The average Bonchev–Trinajstić information content (AvgIpc) is 2.72. The van der Waals surface area contributed by atoms with E-state index in [4.69, 9.17) is 16.6 Å². The highest BCUT2D eigenvalue weighted by molar-refractivity contribution is 7.71. The molecule has 0 amide bonds. The SMILES string of the molecule is CCCCCc1ccc(-c2ccc3c(c2)c(=S)oc2c(F)c(C)ccc23)cc1. The molecule has 0 spiro atoms. The Morgan fingerprint density at radius 1 is 0.857 bits per heavy atom. The second kappa shape index (κ2) is 7.84. The van der Waals surface area contributed by atoms with Gasteiger partial charge in [-0.2, -0.15) is 0 Å². The molecule has 1 heterocycles. The van der Waals surface area contributed by atoms with Crippen LogP contribution < -0.4 is 0 Å².